The minimum absolute atomic E-state index is 0. The molecule has 428 valence electrons. The Balaban J connectivity index is 0.000000395. The first kappa shape index (κ1) is 70.7. The SMILES string of the molecule is CCCC(C(=O)c1ccc(C(=O)C(CCF)S(=O)(=O)OC)cc1)[S-](=O)=O.COS(=O)(=O)C(CCF)C(=O)c1ccc(C(=O)C2CCOS2(=O)=O)cc1.O=C(c1ccc(C(=O)C2CCOS2(=O)=O)cc1)C1CCOS1(=O)=O.[K+].[OH-]. The topological polar surface area (TPSA) is 383 Å². The predicted octanol–water partition coefficient (Wildman–Crippen LogP) is 0.226. The third-order valence-electron chi connectivity index (χ3n) is 11.7. The molecule has 3 aromatic carbocycles. The van der Waals surface area contributed by atoms with Gasteiger partial charge in [-0.3, -0.25) is 58.5 Å². The van der Waals surface area contributed by atoms with E-state index in [0.717, 1.165) is 14.2 Å². The van der Waals surface area contributed by atoms with E-state index in [2.05, 4.69) is 20.9 Å². The van der Waals surface area contributed by atoms with Crippen LogP contribution < -0.4 is 51.4 Å². The molecule has 3 aromatic rings. The first-order valence-corrected chi connectivity index (χ1v) is 31.0. The molecule has 6 unspecified atom stereocenters. The molecule has 0 amide bonds. The summed E-state index contributed by atoms with van der Waals surface area (Å²) in [7, 11) is -21.1. The van der Waals surface area contributed by atoms with Crippen LogP contribution in [0.4, 0.5) is 8.78 Å². The van der Waals surface area contributed by atoms with E-state index in [1.807, 2.05) is 0 Å². The summed E-state index contributed by atoms with van der Waals surface area (Å²) in [6.07, 6.45) is -0.247. The van der Waals surface area contributed by atoms with Gasteiger partial charge in [-0.25, -0.2) is 0 Å². The Labute approximate surface area is 493 Å². The zero-order chi connectivity index (χ0) is 57.0. The summed E-state index contributed by atoms with van der Waals surface area (Å²) < 4.78 is 187. The normalized spacial score (nSPS) is 20.2. The predicted molar refractivity (Wildman–Crippen MR) is 265 cm³/mol. The zero-order valence-electron chi connectivity index (χ0n) is 41.9. The molecule has 3 aliphatic heterocycles. The molecular weight excluding hydrogens is 1190 g/mol. The van der Waals surface area contributed by atoms with Crippen molar-refractivity contribution in [2.75, 3.05) is 47.4 Å². The summed E-state index contributed by atoms with van der Waals surface area (Å²) in [6, 6.07) is 15.0. The molecule has 3 aliphatic rings. The monoisotopic (exact) mass is 1250 g/mol. The van der Waals surface area contributed by atoms with E-state index in [9.17, 15) is 88.1 Å². The summed E-state index contributed by atoms with van der Waals surface area (Å²) in [4.78, 5) is 73.7. The van der Waals surface area contributed by atoms with E-state index in [0.29, 0.717) is 6.42 Å². The largest absolute Gasteiger partial charge is 1.00 e. The Morgan fingerprint density at radius 2 is 0.782 bits per heavy atom. The third kappa shape index (κ3) is 17.8. The molecule has 6 atom stereocenters. The van der Waals surface area contributed by atoms with Crippen LogP contribution >= 0.6 is 0 Å². The number of ketones is 6. The van der Waals surface area contributed by atoms with Crippen LogP contribution in [0.1, 0.15) is 114 Å². The molecule has 78 heavy (non-hydrogen) atoms. The number of hydrogen-bond donors (Lipinski definition) is 0. The van der Waals surface area contributed by atoms with Gasteiger partial charge in [-0.1, -0.05) is 103 Å². The Bertz CT molecular complexity index is 3220. The van der Waals surface area contributed by atoms with Crippen LogP contribution in [0.2, 0.25) is 0 Å². The molecular formula is C45H52F2KO24S6-. The van der Waals surface area contributed by atoms with Crippen LogP contribution in [0.3, 0.4) is 0 Å². The van der Waals surface area contributed by atoms with E-state index >= 15 is 0 Å². The molecule has 1 N–H and O–H groups in total. The van der Waals surface area contributed by atoms with E-state index in [1.165, 1.54) is 72.8 Å². The van der Waals surface area contributed by atoms with Gasteiger partial charge in [0, 0.05) is 51.5 Å². The summed E-state index contributed by atoms with van der Waals surface area (Å²) >= 11 is 0. The number of benzene rings is 3. The first-order chi connectivity index (χ1) is 35.5. The van der Waals surface area contributed by atoms with Crippen molar-refractivity contribution in [3.05, 3.63) is 106 Å². The second-order valence-corrected chi connectivity index (χ2v) is 26.7. The molecule has 0 spiro atoms. The minimum Gasteiger partial charge on any atom is -0.870 e. The van der Waals surface area contributed by atoms with Gasteiger partial charge in [0.25, 0.3) is 50.6 Å². The Morgan fingerprint density at radius 3 is 0.987 bits per heavy atom. The second-order valence-electron chi connectivity index (χ2n) is 16.5. The fourth-order valence-corrected chi connectivity index (χ4v) is 14.2. The molecule has 3 heterocycles. The molecule has 0 radical (unpaired) electrons. The van der Waals surface area contributed by atoms with Crippen LogP contribution in [0.15, 0.2) is 72.8 Å². The fraction of sp³-hybridized carbons (Fsp3) is 0.467. The molecule has 0 saturated carbocycles. The van der Waals surface area contributed by atoms with Crippen molar-refractivity contribution < 1.29 is 166 Å². The molecule has 3 saturated heterocycles. The fourth-order valence-electron chi connectivity index (χ4n) is 7.61. The van der Waals surface area contributed by atoms with Gasteiger partial charge in [-0.2, -0.15) is 42.1 Å². The summed E-state index contributed by atoms with van der Waals surface area (Å²) in [5.41, 5.74) is 0.257. The number of halogens is 2. The van der Waals surface area contributed by atoms with Crippen molar-refractivity contribution in [3.8, 4) is 0 Å². The van der Waals surface area contributed by atoms with Gasteiger partial charge < -0.3 is 13.9 Å². The molecule has 6 rings (SSSR count). The molecule has 0 aromatic heterocycles. The van der Waals surface area contributed by atoms with Crippen LogP contribution in [0.25, 0.3) is 0 Å². The number of alkyl halides is 2. The molecule has 33 heteroatoms. The second kappa shape index (κ2) is 30.6. The van der Waals surface area contributed by atoms with Gasteiger partial charge in [-0.15, -0.1) is 0 Å². The molecule has 0 bridgehead atoms. The maximum Gasteiger partial charge on any atom is 1.00 e. The van der Waals surface area contributed by atoms with Gasteiger partial charge in [0.15, 0.2) is 60.9 Å². The summed E-state index contributed by atoms with van der Waals surface area (Å²) in [6.45, 7) is -0.451. The maximum absolute atomic E-state index is 12.6. The maximum atomic E-state index is 12.6. The van der Waals surface area contributed by atoms with Crippen LogP contribution in [0.5, 0.6) is 0 Å². The van der Waals surface area contributed by atoms with E-state index in [-0.39, 0.29) is 136 Å². The van der Waals surface area contributed by atoms with Crippen molar-refractivity contribution in [2.24, 2.45) is 0 Å². The average Bonchev–Trinajstić information content (AvgIpc) is 4.07. The number of carbonyl (C=O) groups is 6. The van der Waals surface area contributed by atoms with Crippen LogP contribution in [0, 0.1) is 0 Å². The van der Waals surface area contributed by atoms with Crippen molar-refractivity contribution in [3.63, 3.8) is 0 Å². The number of carbonyl (C=O) groups excluding carboxylic acids is 6. The number of hydrogen-bond acceptors (Lipinski definition) is 25. The van der Waals surface area contributed by atoms with E-state index in [1.54, 1.807) is 6.92 Å². The average molecular weight is 1250 g/mol. The van der Waals surface area contributed by atoms with Gasteiger partial charge in [0.2, 0.25) is 0 Å². The Hall–Kier alpha value is -3.36. The number of Topliss-reactive ketones (excluding diaryl/α,β-unsaturated/α-hetero) is 6. The molecule has 3 fully saturated rings. The smallest absolute Gasteiger partial charge is 0.870 e. The van der Waals surface area contributed by atoms with Crippen molar-refractivity contribution in [2.45, 2.75) is 83.4 Å². The summed E-state index contributed by atoms with van der Waals surface area (Å²) in [5.74, 6) is -4.23. The Kier molecular flexibility index (Phi) is 27.8. The van der Waals surface area contributed by atoms with Crippen LogP contribution in [-0.2, 0) is 90.6 Å². The van der Waals surface area contributed by atoms with E-state index in [4.69, 9.17) is 0 Å². The number of rotatable bonds is 23. The van der Waals surface area contributed by atoms with Crippen molar-refractivity contribution in [1.82, 2.24) is 0 Å². The van der Waals surface area contributed by atoms with Gasteiger partial charge >= 0.3 is 51.4 Å². The van der Waals surface area contributed by atoms with Gasteiger partial charge in [0.05, 0.1) is 47.4 Å². The van der Waals surface area contributed by atoms with Crippen molar-refractivity contribution in [1.29, 1.82) is 0 Å². The van der Waals surface area contributed by atoms with Gasteiger partial charge in [0.1, 0.15) is 0 Å². The van der Waals surface area contributed by atoms with Gasteiger partial charge in [-0.05, 0) is 19.3 Å². The summed E-state index contributed by atoms with van der Waals surface area (Å²) in [5, 5.41) is -8.39. The molecule has 0 aliphatic carbocycles. The van der Waals surface area contributed by atoms with Crippen molar-refractivity contribution >= 4 is 96.0 Å². The first-order valence-electron chi connectivity index (χ1n) is 22.5. The van der Waals surface area contributed by atoms with E-state index < -0.39 is 154 Å². The standard InChI is InChI=1S/C16H20FO7S2.C15H17FO8S2.C14H14O8S2.K.H2O/c1-3-4-13(25(20)21)15(18)11-5-7-12(8-6-11)16(19)14(9-10-17)26(22,23)24-2;1-23-25(19,20)12(6-8-16)14(17)10-2-4-11(5-3-10)15(18)13-7-9-24-26(13,21)22;15-13(11-5-7-21-23(11,17)18)9-1-2-10(4-3-9)14(16)12-6-8-22-24(12,19)20;;/h5-8,13-14H,3-4,9-10H2,1-2H3;2-5,12-13H,6-9H2,1H3;1-4,11-12H,5-8H2;;1H2/q-1;;;+1;/p-1. The third-order valence-corrected chi connectivity index (χ3v) is 20.8. The Morgan fingerprint density at radius 1 is 0.526 bits per heavy atom. The zero-order valence-corrected chi connectivity index (χ0v) is 49.9. The molecule has 24 nitrogen and oxygen atoms in total. The minimum atomic E-state index is -4.28. The van der Waals surface area contributed by atoms with Crippen LogP contribution in [-0.4, -0.2) is 161 Å². The quantitative estimate of drug-likeness (QED) is 0.0530.